The number of benzene rings is 1. The van der Waals surface area contributed by atoms with Gasteiger partial charge in [-0.3, -0.25) is 4.79 Å². The number of rotatable bonds is 3. The molecular formula is C15H22N2O. The first-order valence-electron chi connectivity index (χ1n) is 6.63. The van der Waals surface area contributed by atoms with Crippen LogP contribution in [-0.4, -0.2) is 18.0 Å². The van der Waals surface area contributed by atoms with Crippen LogP contribution in [0.25, 0.3) is 0 Å². The summed E-state index contributed by atoms with van der Waals surface area (Å²) >= 11 is 0. The first-order chi connectivity index (χ1) is 8.52. The lowest BCUT2D eigenvalue weighted by Gasteiger charge is -2.36. The van der Waals surface area contributed by atoms with Crippen molar-refractivity contribution >= 4 is 11.6 Å². The van der Waals surface area contributed by atoms with E-state index in [0.29, 0.717) is 13.0 Å². The maximum atomic E-state index is 12.3. The van der Waals surface area contributed by atoms with E-state index >= 15 is 0 Å². The molecule has 3 nitrogen and oxygen atoms in total. The zero-order valence-corrected chi connectivity index (χ0v) is 11.4. The van der Waals surface area contributed by atoms with Crippen molar-refractivity contribution in [2.75, 3.05) is 11.4 Å². The van der Waals surface area contributed by atoms with E-state index in [1.807, 2.05) is 23.1 Å². The highest BCUT2D eigenvalue weighted by Crippen LogP contribution is 2.39. The number of nitrogens with zero attached hydrogens (tertiary/aromatic N) is 1. The smallest absolute Gasteiger partial charge is 0.227 e. The number of hydrogen-bond donors (Lipinski definition) is 1. The van der Waals surface area contributed by atoms with E-state index in [2.05, 4.69) is 26.8 Å². The fourth-order valence-electron chi connectivity index (χ4n) is 2.90. The molecule has 1 amide bonds. The molecule has 3 heteroatoms. The topological polar surface area (TPSA) is 46.3 Å². The SMILES string of the molecule is CCc1ccccc1N1C(=O)CC(CN)C1(C)C. The van der Waals surface area contributed by atoms with Crippen LogP contribution in [0.4, 0.5) is 5.69 Å². The molecule has 1 aliphatic heterocycles. The van der Waals surface area contributed by atoms with Crippen molar-refractivity contribution in [1.29, 1.82) is 0 Å². The minimum Gasteiger partial charge on any atom is -0.330 e. The van der Waals surface area contributed by atoms with E-state index in [0.717, 1.165) is 12.1 Å². The largest absolute Gasteiger partial charge is 0.330 e. The second kappa shape index (κ2) is 4.73. The summed E-state index contributed by atoms with van der Waals surface area (Å²) in [5.41, 5.74) is 7.87. The van der Waals surface area contributed by atoms with E-state index < -0.39 is 0 Å². The minimum atomic E-state index is -0.197. The molecule has 0 radical (unpaired) electrons. The van der Waals surface area contributed by atoms with E-state index in [1.165, 1.54) is 5.56 Å². The van der Waals surface area contributed by atoms with Gasteiger partial charge >= 0.3 is 0 Å². The maximum absolute atomic E-state index is 12.3. The zero-order chi connectivity index (χ0) is 13.3. The van der Waals surface area contributed by atoms with Gasteiger partial charge in [0, 0.05) is 23.6 Å². The number of nitrogens with two attached hydrogens (primary N) is 1. The van der Waals surface area contributed by atoms with Gasteiger partial charge in [-0.2, -0.15) is 0 Å². The Balaban J connectivity index is 2.46. The number of amides is 1. The summed E-state index contributed by atoms with van der Waals surface area (Å²) in [5, 5.41) is 0. The van der Waals surface area contributed by atoms with E-state index in [-0.39, 0.29) is 17.4 Å². The van der Waals surface area contributed by atoms with E-state index in [4.69, 9.17) is 5.73 Å². The van der Waals surface area contributed by atoms with E-state index in [1.54, 1.807) is 0 Å². The third-order valence-corrected chi connectivity index (χ3v) is 4.14. The van der Waals surface area contributed by atoms with Gasteiger partial charge in [-0.1, -0.05) is 25.1 Å². The minimum absolute atomic E-state index is 0.191. The Labute approximate surface area is 109 Å². The number of carbonyl (C=O) groups excluding carboxylic acids is 1. The summed E-state index contributed by atoms with van der Waals surface area (Å²) in [6.07, 6.45) is 1.49. The number of anilines is 1. The summed E-state index contributed by atoms with van der Waals surface area (Å²) in [7, 11) is 0. The van der Waals surface area contributed by atoms with Crippen molar-refractivity contribution in [3.63, 3.8) is 0 Å². The Bertz CT molecular complexity index is 454. The molecule has 18 heavy (non-hydrogen) atoms. The predicted octanol–water partition coefficient (Wildman–Crippen LogP) is 2.34. The fraction of sp³-hybridized carbons (Fsp3) is 0.533. The van der Waals surface area contributed by atoms with Crippen LogP contribution in [0.1, 0.15) is 32.8 Å². The van der Waals surface area contributed by atoms with Gasteiger partial charge < -0.3 is 10.6 Å². The quantitative estimate of drug-likeness (QED) is 0.889. The van der Waals surface area contributed by atoms with Crippen molar-refractivity contribution in [2.45, 2.75) is 39.2 Å². The molecule has 1 heterocycles. The van der Waals surface area contributed by atoms with Crippen LogP contribution in [-0.2, 0) is 11.2 Å². The van der Waals surface area contributed by atoms with Gasteiger partial charge in [0.15, 0.2) is 0 Å². The Morgan fingerprint density at radius 3 is 2.61 bits per heavy atom. The first-order valence-corrected chi connectivity index (χ1v) is 6.63. The number of aryl methyl sites for hydroxylation is 1. The third kappa shape index (κ3) is 1.93. The lowest BCUT2D eigenvalue weighted by atomic mass is 9.88. The van der Waals surface area contributed by atoms with Crippen LogP contribution in [0.3, 0.4) is 0 Å². The second-order valence-corrected chi connectivity index (χ2v) is 5.50. The average molecular weight is 246 g/mol. The molecule has 1 aromatic rings. The van der Waals surface area contributed by atoms with Crippen LogP contribution in [0, 0.1) is 5.92 Å². The van der Waals surface area contributed by atoms with Gasteiger partial charge in [0.05, 0.1) is 0 Å². The standard InChI is InChI=1S/C15H22N2O/c1-4-11-7-5-6-8-13(11)17-14(18)9-12(10-16)15(17,2)3/h5-8,12H,4,9-10,16H2,1-3H3. The van der Waals surface area contributed by atoms with Crippen molar-refractivity contribution < 1.29 is 4.79 Å². The molecule has 1 aliphatic rings. The fourth-order valence-corrected chi connectivity index (χ4v) is 2.90. The molecule has 1 aromatic carbocycles. The molecule has 2 rings (SSSR count). The van der Waals surface area contributed by atoms with Crippen LogP contribution >= 0.6 is 0 Å². The molecule has 1 atom stereocenters. The number of carbonyl (C=O) groups is 1. The van der Waals surface area contributed by atoms with E-state index in [9.17, 15) is 4.79 Å². The van der Waals surface area contributed by atoms with Crippen LogP contribution in [0.15, 0.2) is 24.3 Å². The summed E-state index contributed by atoms with van der Waals surface area (Å²) < 4.78 is 0. The molecular weight excluding hydrogens is 224 g/mol. The van der Waals surface area contributed by atoms with Gasteiger partial charge in [0.25, 0.3) is 0 Å². The molecule has 0 aromatic heterocycles. The zero-order valence-electron chi connectivity index (χ0n) is 11.4. The van der Waals surface area contributed by atoms with Crippen LogP contribution in [0.5, 0.6) is 0 Å². The summed E-state index contributed by atoms with van der Waals surface area (Å²) in [6, 6.07) is 8.15. The first kappa shape index (κ1) is 13.1. The number of para-hydroxylation sites is 1. The maximum Gasteiger partial charge on any atom is 0.227 e. The summed E-state index contributed by atoms with van der Waals surface area (Å²) in [5.74, 6) is 0.422. The molecule has 2 N–H and O–H groups in total. The van der Waals surface area contributed by atoms with Gasteiger partial charge in [-0.05, 0) is 38.4 Å². The van der Waals surface area contributed by atoms with Gasteiger partial charge in [-0.15, -0.1) is 0 Å². The molecule has 98 valence electrons. The van der Waals surface area contributed by atoms with Crippen molar-refractivity contribution in [1.82, 2.24) is 0 Å². The Kier molecular flexibility index (Phi) is 3.44. The molecule has 0 bridgehead atoms. The van der Waals surface area contributed by atoms with Gasteiger partial charge in [0.2, 0.25) is 5.91 Å². The third-order valence-electron chi connectivity index (χ3n) is 4.14. The molecule has 0 saturated carbocycles. The Hall–Kier alpha value is -1.35. The molecule has 1 unspecified atom stereocenters. The highest BCUT2D eigenvalue weighted by atomic mass is 16.2. The normalized spacial score (nSPS) is 22.6. The Morgan fingerprint density at radius 2 is 2.06 bits per heavy atom. The van der Waals surface area contributed by atoms with Gasteiger partial charge in [0.1, 0.15) is 0 Å². The molecule has 1 fully saturated rings. The van der Waals surface area contributed by atoms with Crippen LogP contribution < -0.4 is 10.6 Å². The second-order valence-electron chi connectivity index (χ2n) is 5.50. The lowest BCUT2D eigenvalue weighted by molar-refractivity contribution is -0.117. The highest BCUT2D eigenvalue weighted by molar-refractivity contribution is 5.98. The monoisotopic (exact) mass is 246 g/mol. The van der Waals surface area contributed by atoms with Crippen molar-refractivity contribution in [3.05, 3.63) is 29.8 Å². The number of hydrogen-bond acceptors (Lipinski definition) is 2. The van der Waals surface area contributed by atoms with Crippen LogP contribution in [0.2, 0.25) is 0 Å². The predicted molar refractivity (Wildman–Crippen MR) is 74.5 cm³/mol. The molecule has 1 saturated heterocycles. The molecule has 0 aliphatic carbocycles. The summed E-state index contributed by atoms with van der Waals surface area (Å²) in [4.78, 5) is 14.2. The highest BCUT2D eigenvalue weighted by Gasteiger charge is 2.46. The molecule has 0 spiro atoms. The average Bonchev–Trinajstić information content (AvgIpc) is 2.58. The van der Waals surface area contributed by atoms with Crippen molar-refractivity contribution in [3.8, 4) is 0 Å². The lowest BCUT2D eigenvalue weighted by Crippen LogP contribution is -2.46. The summed E-state index contributed by atoms with van der Waals surface area (Å²) in [6.45, 7) is 6.90. The van der Waals surface area contributed by atoms with Crippen molar-refractivity contribution in [2.24, 2.45) is 11.7 Å². The van der Waals surface area contributed by atoms with Gasteiger partial charge in [-0.25, -0.2) is 0 Å². The Morgan fingerprint density at radius 1 is 1.39 bits per heavy atom.